The van der Waals surface area contributed by atoms with Gasteiger partial charge in [-0.05, 0) is 68.0 Å². The normalized spacial score (nSPS) is 12.5. The smallest absolute Gasteiger partial charge is 0.0338 e. The Balaban J connectivity index is 2.30. The lowest BCUT2D eigenvalue weighted by Crippen LogP contribution is -2.15. The highest BCUT2D eigenvalue weighted by atomic mass is 79.9. The zero-order valence-electron chi connectivity index (χ0n) is 12.6. The maximum absolute atomic E-state index is 6.45. The summed E-state index contributed by atoms with van der Waals surface area (Å²) in [6.45, 7) is 8.52. The van der Waals surface area contributed by atoms with E-state index in [1.54, 1.807) is 0 Å². The molecule has 2 N–H and O–H groups in total. The highest BCUT2D eigenvalue weighted by molar-refractivity contribution is 9.10. The van der Waals surface area contributed by atoms with Crippen molar-refractivity contribution in [2.75, 3.05) is 0 Å². The zero-order valence-corrected chi connectivity index (χ0v) is 14.2. The minimum absolute atomic E-state index is 0.0438. The van der Waals surface area contributed by atoms with Gasteiger partial charge in [-0.25, -0.2) is 0 Å². The molecule has 2 aromatic rings. The van der Waals surface area contributed by atoms with Crippen LogP contribution in [0.1, 0.15) is 39.4 Å². The average molecular weight is 332 g/mol. The molecule has 0 aliphatic carbocycles. The zero-order chi connectivity index (χ0) is 14.9. The number of halogens is 1. The first-order valence-corrected chi connectivity index (χ1v) is 7.76. The SMILES string of the molecule is Cc1ccc(C)c(CC(N)c2cc(C)c(Br)cc2C)c1. The predicted octanol–water partition coefficient (Wildman–Crippen LogP) is 4.93. The van der Waals surface area contributed by atoms with E-state index >= 15 is 0 Å². The Kier molecular flexibility index (Phi) is 4.66. The molecule has 0 saturated heterocycles. The van der Waals surface area contributed by atoms with Gasteiger partial charge in [-0.15, -0.1) is 0 Å². The van der Waals surface area contributed by atoms with E-state index in [2.05, 4.69) is 74.0 Å². The molecule has 2 rings (SSSR count). The van der Waals surface area contributed by atoms with E-state index in [0.29, 0.717) is 0 Å². The molecule has 0 radical (unpaired) electrons. The van der Waals surface area contributed by atoms with E-state index in [-0.39, 0.29) is 6.04 Å². The molecular weight excluding hydrogens is 310 g/mol. The summed E-state index contributed by atoms with van der Waals surface area (Å²) in [7, 11) is 0. The summed E-state index contributed by atoms with van der Waals surface area (Å²) in [5.74, 6) is 0. The molecule has 0 amide bonds. The number of hydrogen-bond donors (Lipinski definition) is 1. The average Bonchev–Trinajstić information content (AvgIpc) is 2.38. The van der Waals surface area contributed by atoms with Crippen LogP contribution in [0.25, 0.3) is 0 Å². The topological polar surface area (TPSA) is 26.0 Å². The maximum atomic E-state index is 6.45. The summed E-state index contributed by atoms with van der Waals surface area (Å²) in [6.07, 6.45) is 0.884. The lowest BCUT2D eigenvalue weighted by molar-refractivity contribution is 0.712. The largest absolute Gasteiger partial charge is 0.324 e. The molecule has 1 nitrogen and oxygen atoms in total. The van der Waals surface area contributed by atoms with Crippen molar-refractivity contribution < 1.29 is 0 Å². The fraction of sp³-hybridized carbons (Fsp3) is 0.333. The number of hydrogen-bond acceptors (Lipinski definition) is 1. The third-order valence-electron chi connectivity index (χ3n) is 3.89. The van der Waals surface area contributed by atoms with Crippen LogP contribution in [0.15, 0.2) is 34.8 Å². The second kappa shape index (κ2) is 6.11. The third kappa shape index (κ3) is 3.31. The molecule has 0 aliphatic heterocycles. The van der Waals surface area contributed by atoms with Gasteiger partial charge in [0.1, 0.15) is 0 Å². The molecule has 0 bridgehead atoms. The minimum atomic E-state index is 0.0438. The molecule has 106 valence electrons. The molecule has 2 aromatic carbocycles. The second-order valence-electron chi connectivity index (χ2n) is 5.70. The van der Waals surface area contributed by atoms with Crippen LogP contribution in [0.5, 0.6) is 0 Å². The lowest BCUT2D eigenvalue weighted by atomic mass is 9.92. The van der Waals surface area contributed by atoms with Gasteiger partial charge in [0.15, 0.2) is 0 Å². The second-order valence-corrected chi connectivity index (χ2v) is 6.55. The summed E-state index contributed by atoms with van der Waals surface area (Å²) in [6, 6.07) is 11.0. The lowest BCUT2D eigenvalue weighted by Gasteiger charge is -2.18. The van der Waals surface area contributed by atoms with Crippen molar-refractivity contribution in [1.29, 1.82) is 0 Å². The molecule has 0 aliphatic rings. The highest BCUT2D eigenvalue weighted by Gasteiger charge is 2.13. The molecule has 0 spiro atoms. The first-order chi connectivity index (χ1) is 9.38. The van der Waals surface area contributed by atoms with Crippen molar-refractivity contribution in [3.05, 3.63) is 68.2 Å². The fourth-order valence-corrected chi connectivity index (χ4v) is 3.03. The summed E-state index contributed by atoms with van der Waals surface area (Å²) in [5, 5.41) is 0. The first-order valence-electron chi connectivity index (χ1n) is 6.97. The Morgan fingerprint density at radius 1 is 0.950 bits per heavy atom. The number of benzene rings is 2. The third-order valence-corrected chi connectivity index (χ3v) is 4.75. The van der Waals surface area contributed by atoms with Crippen LogP contribution >= 0.6 is 15.9 Å². The Labute approximate surface area is 130 Å². The van der Waals surface area contributed by atoms with E-state index in [4.69, 9.17) is 5.73 Å². The molecule has 0 fully saturated rings. The van der Waals surface area contributed by atoms with Gasteiger partial charge in [0, 0.05) is 10.5 Å². The molecule has 0 heterocycles. The van der Waals surface area contributed by atoms with Crippen LogP contribution in [0.4, 0.5) is 0 Å². The van der Waals surface area contributed by atoms with Gasteiger partial charge in [0.2, 0.25) is 0 Å². The number of aryl methyl sites for hydroxylation is 4. The van der Waals surface area contributed by atoms with Crippen molar-refractivity contribution in [3.63, 3.8) is 0 Å². The molecule has 0 saturated carbocycles. The molecule has 0 aromatic heterocycles. The van der Waals surface area contributed by atoms with Crippen LogP contribution in [-0.2, 0) is 6.42 Å². The maximum Gasteiger partial charge on any atom is 0.0338 e. The van der Waals surface area contributed by atoms with Gasteiger partial charge in [0.05, 0.1) is 0 Å². The first kappa shape index (κ1) is 15.3. The van der Waals surface area contributed by atoms with Crippen LogP contribution in [0.2, 0.25) is 0 Å². The van der Waals surface area contributed by atoms with Crippen molar-refractivity contribution in [1.82, 2.24) is 0 Å². The van der Waals surface area contributed by atoms with Crippen LogP contribution in [0, 0.1) is 27.7 Å². The molecular formula is C18H22BrN. The standard InChI is InChI=1S/C18H22BrN/c1-11-5-6-12(2)15(7-11)10-18(20)16-8-14(4)17(19)9-13(16)3/h5-9,18H,10,20H2,1-4H3. The van der Waals surface area contributed by atoms with Gasteiger partial charge in [-0.3, -0.25) is 0 Å². The molecule has 2 heteroatoms. The van der Waals surface area contributed by atoms with Crippen molar-refractivity contribution in [3.8, 4) is 0 Å². The number of rotatable bonds is 3. The highest BCUT2D eigenvalue weighted by Crippen LogP contribution is 2.27. The van der Waals surface area contributed by atoms with E-state index in [1.807, 2.05) is 0 Å². The Morgan fingerprint density at radius 3 is 2.35 bits per heavy atom. The summed E-state index contributed by atoms with van der Waals surface area (Å²) in [4.78, 5) is 0. The van der Waals surface area contributed by atoms with E-state index < -0.39 is 0 Å². The Morgan fingerprint density at radius 2 is 1.65 bits per heavy atom. The van der Waals surface area contributed by atoms with Gasteiger partial charge in [-0.2, -0.15) is 0 Å². The van der Waals surface area contributed by atoms with E-state index in [1.165, 1.54) is 33.4 Å². The van der Waals surface area contributed by atoms with Crippen molar-refractivity contribution >= 4 is 15.9 Å². The summed E-state index contributed by atoms with van der Waals surface area (Å²) >= 11 is 3.58. The Bertz CT molecular complexity index is 632. The van der Waals surface area contributed by atoms with Gasteiger partial charge >= 0.3 is 0 Å². The van der Waals surface area contributed by atoms with Crippen molar-refractivity contribution in [2.45, 2.75) is 40.2 Å². The molecule has 1 atom stereocenters. The predicted molar refractivity (Wildman–Crippen MR) is 90.2 cm³/mol. The Hall–Kier alpha value is -1.12. The summed E-state index contributed by atoms with van der Waals surface area (Å²) < 4.78 is 1.15. The molecule has 1 unspecified atom stereocenters. The van der Waals surface area contributed by atoms with Gasteiger partial charge in [-0.1, -0.05) is 45.8 Å². The van der Waals surface area contributed by atoms with Crippen LogP contribution < -0.4 is 5.73 Å². The minimum Gasteiger partial charge on any atom is -0.324 e. The monoisotopic (exact) mass is 331 g/mol. The van der Waals surface area contributed by atoms with Crippen molar-refractivity contribution in [2.24, 2.45) is 5.73 Å². The molecule has 20 heavy (non-hydrogen) atoms. The van der Waals surface area contributed by atoms with E-state index in [0.717, 1.165) is 10.9 Å². The van der Waals surface area contributed by atoms with Gasteiger partial charge < -0.3 is 5.73 Å². The van der Waals surface area contributed by atoms with Gasteiger partial charge in [0.25, 0.3) is 0 Å². The van der Waals surface area contributed by atoms with Crippen LogP contribution in [-0.4, -0.2) is 0 Å². The van der Waals surface area contributed by atoms with Crippen LogP contribution in [0.3, 0.4) is 0 Å². The quantitative estimate of drug-likeness (QED) is 0.848. The summed E-state index contributed by atoms with van der Waals surface area (Å²) in [5.41, 5.74) is 14.1. The number of nitrogens with two attached hydrogens (primary N) is 1. The van der Waals surface area contributed by atoms with E-state index in [9.17, 15) is 0 Å². The fourth-order valence-electron chi connectivity index (χ4n) is 2.57.